The number of rotatable bonds is 10. The van der Waals surface area contributed by atoms with Crippen LogP contribution in [0.25, 0.3) is 11.3 Å². The van der Waals surface area contributed by atoms with Crippen LogP contribution in [-0.2, 0) is 11.3 Å². The average Bonchev–Trinajstić information content (AvgIpc) is 3.30. The van der Waals surface area contributed by atoms with Gasteiger partial charge in [0, 0.05) is 23.9 Å². The normalized spacial score (nSPS) is 12.8. The van der Waals surface area contributed by atoms with Gasteiger partial charge in [0.05, 0.1) is 24.2 Å². The number of benzene rings is 1. The van der Waals surface area contributed by atoms with Crippen molar-refractivity contribution in [3.8, 4) is 17.1 Å². The summed E-state index contributed by atoms with van der Waals surface area (Å²) in [5, 5.41) is 6.03. The largest absolute Gasteiger partial charge is 0.467 e. The van der Waals surface area contributed by atoms with E-state index in [4.69, 9.17) is 14.9 Å². The summed E-state index contributed by atoms with van der Waals surface area (Å²) >= 11 is 4.21. The standard InChI is InChI=1S/C22H26N4O3S/c1-15(21(27)25-13-18-8-5-11-28-18)29-22-20(24-12-17(23)14-30)10-9-19(26-22)16-6-3-2-4-7-16/h2-11,15,17,24,30H,12-14,23H2,1H3,(H,25,27)/t15-,17?/m1/s1. The van der Waals surface area contributed by atoms with Gasteiger partial charge in [-0.3, -0.25) is 4.79 Å². The first kappa shape index (κ1) is 21.7. The Bertz CT molecular complexity index is 935. The number of carbonyl (C=O) groups is 1. The fourth-order valence-corrected chi connectivity index (χ4v) is 2.82. The summed E-state index contributed by atoms with van der Waals surface area (Å²) < 4.78 is 11.2. The van der Waals surface area contributed by atoms with Crippen molar-refractivity contribution in [3.05, 3.63) is 66.6 Å². The molecule has 4 N–H and O–H groups in total. The number of thiol groups is 1. The van der Waals surface area contributed by atoms with Gasteiger partial charge in [0.15, 0.2) is 6.10 Å². The Balaban J connectivity index is 1.75. The molecule has 0 radical (unpaired) electrons. The number of amides is 1. The topological polar surface area (TPSA) is 102 Å². The number of nitrogens with one attached hydrogen (secondary N) is 2. The van der Waals surface area contributed by atoms with Crippen LogP contribution < -0.4 is 21.1 Å². The molecule has 2 atom stereocenters. The Morgan fingerprint density at radius 2 is 2.00 bits per heavy atom. The van der Waals surface area contributed by atoms with Crippen molar-refractivity contribution >= 4 is 24.2 Å². The third-order valence-electron chi connectivity index (χ3n) is 4.39. The molecule has 0 fully saturated rings. The first-order chi connectivity index (χ1) is 14.6. The predicted molar refractivity (Wildman–Crippen MR) is 121 cm³/mol. The third-order valence-corrected chi connectivity index (χ3v) is 4.86. The molecule has 3 rings (SSSR count). The van der Waals surface area contributed by atoms with Crippen molar-refractivity contribution in [3.63, 3.8) is 0 Å². The molecule has 0 spiro atoms. The zero-order valence-corrected chi connectivity index (χ0v) is 17.6. The second kappa shape index (κ2) is 10.7. The molecule has 7 nitrogen and oxygen atoms in total. The smallest absolute Gasteiger partial charge is 0.261 e. The summed E-state index contributed by atoms with van der Waals surface area (Å²) in [6.45, 7) is 2.47. The number of anilines is 1. The Labute approximate surface area is 181 Å². The molecule has 0 aliphatic rings. The van der Waals surface area contributed by atoms with E-state index in [2.05, 4.69) is 28.2 Å². The van der Waals surface area contributed by atoms with E-state index in [1.54, 1.807) is 25.3 Å². The molecule has 2 heterocycles. The van der Waals surface area contributed by atoms with Crippen LogP contribution >= 0.6 is 12.6 Å². The van der Waals surface area contributed by atoms with Crippen LogP contribution in [0.1, 0.15) is 12.7 Å². The monoisotopic (exact) mass is 426 g/mol. The van der Waals surface area contributed by atoms with Gasteiger partial charge in [0.25, 0.3) is 5.91 Å². The molecule has 3 aromatic rings. The second-order valence-electron chi connectivity index (χ2n) is 6.80. The number of nitrogens with zero attached hydrogens (tertiary/aromatic N) is 1. The van der Waals surface area contributed by atoms with E-state index in [-0.39, 0.29) is 11.9 Å². The van der Waals surface area contributed by atoms with Gasteiger partial charge < -0.3 is 25.5 Å². The number of hydrogen-bond acceptors (Lipinski definition) is 7. The summed E-state index contributed by atoms with van der Waals surface area (Å²) in [6.07, 6.45) is 0.811. The first-order valence-electron chi connectivity index (χ1n) is 9.70. The van der Waals surface area contributed by atoms with Crippen molar-refractivity contribution in [2.24, 2.45) is 5.73 Å². The van der Waals surface area contributed by atoms with E-state index in [0.29, 0.717) is 36.2 Å². The molecule has 0 aliphatic carbocycles. The molecule has 0 aliphatic heterocycles. The Morgan fingerprint density at radius 3 is 2.70 bits per heavy atom. The molecular formula is C22H26N4O3S. The maximum Gasteiger partial charge on any atom is 0.261 e. The molecule has 1 amide bonds. The molecule has 30 heavy (non-hydrogen) atoms. The van der Waals surface area contributed by atoms with E-state index in [1.807, 2.05) is 42.5 Å². The van der Waals surface area contributed by atoms with Gasteiger partial charge in [-0.1, -0.05) is 30.3 Å². The van der Waals surface area contributed by atoms with E-state index in [1.165, 1.54) is 0 Å². The van der Waals surface area contributed by atoms with Crippen LogP contribution in [-0.4, -0.2) is 35.3 Å². The maximum absolute atomic E-state index is 12.5. The first-order valence-corrected chi connectivity index (χ1v) is 10.3. The highest BCUT2D eigenvalue weighted by Gasteiger charge is 2.19. The molecule has 8 heteroatoms. The number of carbonyl (C=O) groups excluding carboxylic acids is 1. The van der Waals surface area contributed by atoms with Crippen LogP contribution in [0.15, 0.2) is 65.3 Å². The lowest BCUT2D eigenvalue weighted by atomic mass is 10.1. The second-order valence-corrected chi connectivity index (χ2v) is 7.16. The van der Waals surface area contributed by atoms with Crippen LogP contribution in [0.3, 0.4) is 0 Å². The lowest BCUT2D eigenvalue weighted by molar-refractivity contribution is -0.127. The predicted octanol–water partition coefficient (Wildman–Crippen LogP) is 3.09. The Morgan fingerprint density at radius 1 is 1.20 bits per heavy atom. The zero-order chi connectivity index (χ0) is 21.3. The average molecular weight is 427 g/mol. The van der Waals surface area contributed by atoms with Gasteiger partial charge in [-0.25, -0.2) is 4.98 Å². The van der Waals surface area contributed by atoms with Crippen molar-refractivity contribution in [2.45, 2.75) is 25.6 Å². The van der Waals surface area contributed by atoms with Crippen molar-refractivity contribution in [1.82, 2.24) is 10.3 Å². The van der Waals surface area contributed by atoms with Crippen LogP contribution in [0.5, 0.6) is 5.88 Å². The number of ether oxygens (including phenoxy) is 1. The highest BCUT2D eigenvalue weighted by Crippen LogP contribution is 2.28. The lowest BCUT2D eigenvalue weighted by Gasteiger charge is -2.19. The summed E-state index contributed by atoms with van der Waals surface area (Å²) in [7, 11) is 0. The van der Waals surface area contributed by atoms with Gasteiger partial charge >= 0.3 is 0 Å². The zero-order valence-electron chi connectivity index (χ0n) is 16.7. The van der Waals surface area contributed by atoms with Gasteiger partial charge in [-0.05, 0) is 31.2 Å². The molecular weight excluding hydrogens is 400 g/mol. The Kier molecular flexibility index (Phi) is 7.75. The van der Waals surface area contributed by atoms with Gasteiger partial charge in [0.1, 0.15) is 5.76 Å². The van der Waals surface area contributed by atoms with Gasteiger partial charge in [-0.2, -0.15) is 12.6 Å². The third kappa shape index (κ3) is 6.01. The SMILES string of the molecule is C[C@@H](Oc1nc(-c2ccccc2)ccc1NCC(N)CS)C(=O)NCc1ccco1. The van der Waals surface area contributed by atoms with Crippen molar-refractivity contribution < 1.29 is 13.9 Å². The number of hydrogen-bond donors (Lipinski definition) is 4. The molecule has 2 aromatic heterocycles. The highest BCUT2D eigenvalue weighted by atomic mass is 32.1. The van der Waals surface area contributed by atoms with E-state index in [0.717, 1.165) is 11.3 Å². The van der Waals surface area contributed by atoms with Gasteiger partial charge in [0.2, 0.25) is 5.88 Å². The molecule has 0 bridgehead atoms. The minimum atomic E-state index is -0.752. The number of nitrogens with two attached hydrogens (primary N) is 1. The summed E-state index contributed by atoms with van der Waals surface area (Å²) in [5.41, 5.74) is 8.32. The fraction of sp³-hybridized carbons (Fsp3) is 0.273. The summed E-state index contributed by atoms with van der Waals surface area (Å²) in [6, 6.07) is 17.0. The van der Waals surface area contributed by atoms with Crippen molar-refractivity contribution in [1.29, 1.82) is 0 Å². The fourth-order valence-electron chi connectivity index (χ4n) is 2.69. The summed E-state index contributed by atoms with van der Waals surface area (Å²) in [4.78, 5) is 17.1. The molecule has 0 saturated heterocycles. The van der Waals surface area contributed by atoms with Crippen LogP contribution in [0.4, 0.5) is 5.69 Å². The highest BCUT2D eigenvalue weighted by molar-refractivity contribution is 7.80. The van der Waals surface area contributed by atoms with E-state index < -0.39 is 6.10 Å². The van der Waals surface area contributed by atoms with Crippen LogP contribution in [0.2, 0.25) is 0 Å². The lowest BCUT2D eigenvalue weighted by Crippen LogP contribution is -2.36. The van der Waals surface area contributed by atoms with E-state index in [9.17, 15) is 4.79 Å². The quantitative estimate of drug-likeness (QED) is 0.372. The van der Waals surface area contributed by atoms with Crippen molar-refractivity contribution in [2.75, 3.05) is 17.6 Å². The molecule has 1 aromatic carbocycles. The number of aromatic nitrogens is 1. The Hall–Kier alpha value is -2.97. The number of furan rings is 1. The number of pyridine rings is 1. The van der Waals surface area contributed by atoms with Gasteiger partial charge in [-0.15, -0.1) is 0 Å². The molecule has 1 unspecified atom stereocenters. The minimum Gasteiger partial charge on any atom is -0.467 e. The van der Waals surface area contributed by atoms with Crippen LogP contribution in [0, 0.1) is 0 Å². The van der Waals surface area contributed by atoms with E-state index >= 15 is 0 Å². The molecule has 158 valence electrons. The minimum absolute atomic E-state index is 0.121. The maximum atomic E-state index is 12.5. The summed E-state index contributed by atoms with van der Waals surface area (Å²) in [5.74, 6) is 1.28. The molecule has 0 saturated carbocycles.